The van der Waals surface area contributed by atoms with Gasteiger partial charge in [-0.1, -0.05) is 50.3 Å². The van der Waals surface area contributed by atoms with Gasteiger partial charge in [-0.05, 0) is 94.9 Å². The summed E-state index contributed by atoms with van der Waals surface area (Å²) in [6.07, 6.45) is 7.70. The fourth-order valence-electron chi connectivity index (χ4n) is 5.02. The van der Waals surface area contributed by atoms with E-state index in [4.69, 9.17) is 4.74 Å². The highest BCUT2D eigenvalue weighted by Crippen LogP contribution is 2.40. The molecule has 0 radical (unpaired) electrons. The highest BCUT2D eigenvalue weighted by molar-refractivity contribution is 14.1. The van der Waals surface area contributed by atoms with Gasteiger partial charge < -0.3 is 9.84 Å². The lowest BCUT2D eigenvalue weighted by Crippen LogP contribution is -2.53. The van der Waals surface area contributed by atoms with Crippen molar-refractivity contribution in [3.63, 3.8) is 0 Å². The summed E-state index contributed by atoms with van der Waals surface area (Å²) in [7, 11) is 0. The predicted molar refractivity (Wildman–Crippen MR) is 134 cm³/mol. The quantitative estimate of drug-likeness (QED) is 0.323. The number of aliphatic hydroxyl groups is 1. The SMILES string of the molecule is CC[C@H](OCc1ccccc1)/C(C)=C/C[C@@H](C)/C(I)=C1\CN2CCC[C@H]2[C@@](C)(O)C1. The Balaban J connectivity index is 1.60. The summed E-state index contributed by atoms with van der Waals surface area (Å²) >= 11 is 2.54. The van der Waals surface area contributed by atoms with Crippen LogP contribution in [0.2, 0.25) is 0 Å². The minimum atomic E-state index is -0.593. The van der Waals surface area contributed by atoms with Crippen molar-refractivity contribution in [3.05, 3.63) is 56.7 Å². The lowest BCUT2D eigenvalue weighted by atomic mass is 9.82. The van der Waals surface area contributed by atoms with E-state index in [9.17, 15) is 5.11 Å². The monoisotopic (exact) mass is 523 g/mol. The molecule has 2 aliphatic rings. The normalized spacial score (nSPS) is 28.9. The summed E-state index contributed by atoms with van der Waals surface area (Å²) in [5.41, 5.74) is 3.39. The third kappa shape index (κ3) is 5.96. The Labute approximate surface area is 196 Å². The van der Waals surface area contributed by atoms with Gasteiger partial charge in [0, 0.05) is 19.0 Å². The molecule has 1 aromatic carbocycles. The van der Waals surface area contributed by atoms with Crippen LogP contribution < -0.4 is 0 Å². The lowest BCUT2D eigenvalue weighted by molar-refractivity contribution is -0.0330. The Morgan fingerprint density at radius 3 is 2.80 bits per heavy atom. The van der Waals surface area contributed by atoms with Gasteiger partial charge in [0.15, 0.2) is 0 Å². The first-order chi connectivity index (χ1) is 14.3. The highest BCUT2D eigenvalue weighted by atomic mass is 127. The van der Waals surface area contributed by atoms with Crippen molar-refractivity contribution in [3.8, 4) is 0 Å². The van der Waals surface area contributed by atoms with E-state index in [1.54, 1.807) is 0 Å². The van der Waals surface area contributed by atoms with Gasteiger partial charge in [-0.2, -0.15) is 0 Å². The second-order valence-electron chi connectivity index (χ2n) is 9.39. The molecule has 0 aliphatic carbocycles. The molecule has 1 aromatic rings. The average Bonchev–Trinajstić information content (AvgIpc) is 3.22. The van der Waals surface area contributed by atoms with Crippen molar-refractivity contribution < 1.29 is 9.84 Å². The van der Waals surface area contributed by atoms with Crippen molar-refractivity contribution in [2.75, 3.05) is 13.1 Å². The Kier molecular flexibility index (Phi) is 8.59. The summed E-state index contributed by atoms with van der Waals surface area (Å²) in [6.45, 7) is 11.6. The van der Waals surface area contributed by atoms with Crippen LogP contribution in [0.15, 0.2) is 51.1 Å². The van der Waals surface area contributed by atoms with E-state index in [2.05, 4.69) is 78.6 Å². The molecule has 166 valence electrons. The zero-order valence-electron chi connectivity index (χ0n) is 19.0. The Morgan fingerprint density at radius 2 is 2.10 bits per heavy atom. The van der Waals surface area contributed by atoms with Crippen LogP contribution in [-0.2, 0) is 11.3 Å². The molecule has 0 unspecified atom stereocenters. The summed E-state index contributed by atoms with van der Waals surface area (Å²) < 4.78 is 7.63. The van der Waals surface area contributed by atoms with Gasteiger partial charge in [0.2, 0.25) is 0 Å². The van der Waals surface area contributed by atoms with Gasteiger partial charge in [-0.3, -0.25) is 4.90 Å². The molecule has 3 rings (SSSR count). The Bertz CT molecular complexity index is 756. The number of rotatable bonds is 8. The second-order valence-corrected chi connectivity index (χ2v) is 10.6. The van der Waals surface area contributed by atoms with Gasteiger partial charge in [0.25, 0.3) is 0 Å². The molecule has 2 saturated heterocycles. The average molecular weight is 523 g/mol. The maximum absolute atomic E-state index is 11.0. The van der Waals surface area contributed by atoms with E-state index in [1.165, 1.54) is 26.7 Å². The first kappa shape index (κ1) is 24.0. The lowest BCUT2D eigenvalue weighted by Gasteiger charge is -2.43. The molecule has 0 amide bonds. The summed E-state index contributed by atoms with van der Waals surface area (Å²) in [6, 6.07) is 10.7. The van der Waals surface area contributed by atoms with Crippen LogP contribution in [-0.4, -0.2) is 40.8 Å². The molecule has 30 heavy (non-hydrogen) atoms. The summed E-state index contributed by atoms with van der Waals surface area (Å²) in [5.74, 6) is 0.470. The molecule has 3 nitrogen and oxygen atoms in total. The van der Waals surface area contributed by atoms with E-state index in [0.29, 0.717) is 18.6 Å². The predicted octanol–water partition coefficient (Wildman–Crippen LogP) is 6.26. The second kappa shape index (κ2) is 10.8. The largest absolute Gasteiger partial charge is 0.388 e. The van der Waals surface area contributed by atoms with Crippen molar-refractivity contribution in [2.45, 2.75) is 84.2 Å². The van der Waals surface area contributed by atoms with Crippen LogP contribution in [0.25, 0.3) is 0 Å². The third-order valence-corrected chi connectivity index (χ3v) is 8.61. The Morgan fingerprint density at radius 1 is 1.37 bits per heavy atom. The van der Waals surface area contributed by atoms with Crippen LogP contribution >= 0.6 is 22.6 Å². The van der Waals surface area contributed by atoms with E-state index in [0.717, 1.165) is 38.8 Å². The molecule has 0 bridgehead atoms. The van der Waals surface area contributed by atoms with E-state index >= 15 is 0 Å². The zero-order chi connectivity index (χ0) is 21.7. The molecule has 2 heterocycles. The molecule has 1 N–H and O–H groups in total. The minimum Gasteiger partial charge on any atom is -0.388 e. The number of hydrogen-bond acceptors (Lipinski definition) is 3. The highest BCUT2D eigenvalue weighted by Gasteiger charge is 2.44. The number of allylic oxidation sites excluding steroid dienone is 2. The number of halogens is 1. The van der Waals surface area contributed by atoms with Gasteiger partial charge >= 0.3 is 0 Å². The molecule has 2 fully saturated rings. The Hall–Kier alpha value is -0.690. The summed E-state index contributed by atoms with van der Waals surface area (Å²) in [5, 5.41) is 11.0. The fourth-order valence-corrected chi connectivity index (χ4v) is 5.63. The van der Waals surface area contributed by atoms with Crippen LogP contribution in [0, 0.1) is 5.92 Å². The fraction of sp³-hybridized carbons (Fsp3) is 0.615. The van der Waals surface area contributed by atoms with E-state index < -0.39 is 5.60 Å². The van der Waals surface area contributed by atoms with Gasteiger partial charge in [-0.25, -0.2) is 0 Å². The molecule has 0 saturated carbocycles. The maximum Gasteiger partial charge on any atom is 0.0812 e. The molecule has 2 aliphatic heterocycles. The maximum atomic E-state index is 11.0. The van der Waals surface area contributed by atoms with Crippen molar-refractivity contribution in [2.24, 2.45) is 5.92 Å². The number of benzene rings is 1. The van der Waals surface area contributed by atoms with Crippen LogP contribution in [0.5, 0.6) is 0 Å². The number of ether oxygens (including phenoxy) is 1. The molecule has 4 heteroatoms. The molecular weight excluding hydrogens is 485 g/mol. The van der Waals surface area contributed by atoms with Crippen LogP contribution in [0.1, 0.15) is 65.4 Å². The summed E-state index contributed by atoms with van der Waals surface area (Å²) in [4.78, 5) is 2.50. The topological polar surface area (TPSA) is 32.7 Å². The smallest absolute Gasteiger partial charge is 0.0812 e. The standard InChI is InChI=1S/C26H38INO2/c1-5-23(30-18-21-10-7-6-8-11-21)19(2)13-14-20(3)25(27)22-16-26(4,29)24-12-9-15-28(24)17-22/h6-8,10-11,13,20,23-24,29H,5,9,12,14-18H2,1-4H3/b19-13+,25-22+/t20-,23+,24+,26+/m1/s1. The van der Waals surface area contributed by atoms with Gasteiger partial charge in [0.05, 0.1) is 18.3 Å². The van der Waals surface area contributed by atoms with E-state index in [1.807, 2.05) is 13.0 Å². The van der Waals surface area contributed by atoms with Crippen LogP contribution in [0.4, 0.5) is 0 Å². The first-order valence-corrected chi connectivity index (χ1v) is 12.6. The molecular formula is C26H38INO2. The van der Waals surface area contributed by atoms with Gasteiger partial charge in [0.1, 0.15) is 0 Å². The third-order valence-electron chi connectivity index (χ3n) is 6.78. The van der Waals surface area contributed by atoms with Gasteiger partial charge in [-0.15, -0.1) is 0 Å². The van der Waals surface area contributed by atoms with E-state index in [-0.39, 0.29) is 6.10 Å². The van der Waals surface area contributed by atoms with Crippen molar-refractivity contribution in [1.29, 1.82) is 0 Å². The number of hydrogen-bond donors (Lipinski definition) is 1. The minimum absolute atomic E-state index is 0.170. The number of fused-ring (bicyclic) bond motifs is 1. The van der Waals surface area contributed by atoms with Crippen molar-refractivity contribution in [1.82, 2.24) is 4.90 Å². The zero-order valence-corrected chi connectivity index (χ0v) is 21.2. The van der Waals surface area contributed by atoms with Crippen molar-refractivity contribution >= 4 is 22.6 Å². The number of piperidine rings is 1. The number of nitrogens with zero attached hydrogens (tertiary/aromatic N) is 1. The first-order valence-electron chi connectivity index (χ1n) is 11.5. The molecule has 4 atom stereocenters. The molecule has 0 aromatic heterocycles. The van der Waals surface area contributed by atoms with Crippen LogP contribution in [0.3, 0.4) is 0 Å². The molecule has 0 spiro atoms.